The molecule has 144 valence electrons. The fraction of sp³-hybridized carbons (Fsp3) is 0.400. The zero-order chi connectivity index (χ0) is 19.6. The first kappa shape index (κ1) is 19.7. The van der Waals surface area contributed by atoms with E-state index in [0.29, 0.717) is 24.7 Å². The van der Waals surface area contributed by atoms with Crippen molar-refractivity contribution in [3.05, 3.63) is 47.6 Å². The molecule has 27 heavy (non-hydrogen) atoms. The van der Waals surface area contributed by atoms with Crippen molar-refractivity contribution in [1.29, 1.82) is 0 Å². The minimum atomic E-state index is -1.33. The van der Waals surface area contributed by atoms with Gasteiger partial charge in [0.2, 0.25) is 0 Å². The maximum atomic E-state index is 12.7. The van der Waals surface area contributed by atoms with E-state index in [1.165, 1.54) is 5.19 Å². The van der Waals surface area contributed by atoms with E-state index >= 15 is 0 Å². The van der Waals surface area contributed by atoms with Gasteiger partial charge in [-0.25, -0.2) is 9.78 Å². The van der Waals surface area contributed by atoms with E-state index < -0.39 is 8.07 Å². The molecule has 1 N–H and O–H groups in total. The van der Waals surface area contributed by atoms with Gasteiger partial charge < -0.3 is 15.1 Å². The monoisotopic (exact) mass is 402 g/mol. The number of urea groups is 1. The van der Waals surface area contributed by atoms with E-state index in [1.807, 2.05) is 29.2 Å². The number of hydrogen-bond acceptors (Lipinski definition) is 3. The van der Waals surface area contributed by atoms with Gasteiger partial charge in [0.05, 0.1) is 13.1 Å². The summed E-state index contributed by atoms with van der Waals surface area (Å²) < 4.78 is 0. The molecule has 0 aliphatic carbocycles. The Morgan fingerprint density at radius 1 is 1.19 bits per heavy atom. The molecule has 1 fully saturated rings. The van der Waals surface area contributed by atoms with Crippen molar-refractivity contribution < 1.29 is 4.79 Å². The Labute approximate surface area is 167 Å². The Balaban J connectivity index is 1.62. The summed E-state index contributed by atoms with van der Waals surface area (Å²) in [5.41, 5.74) is 0.837. The van der Waals surface area contributed by atoms with Crippen LogP contribution in [0.2, 0.25) is 24.7 Å². The summed E-state index contributed by atoms with van der Waals surface area (Å²) in [6.45, 7) is 11.0. The van der Waals surface area contributed by atoms with Gasteiger partial charge in [0.15, 0.2) is 0 Å². The lowest BCUT2D eigenvalue weighted by Crippen LogP contribution is -2.55. The molecule has 1 aromatic heterocycles. The van der Waals surface area contributed by atoms with Crippen molar-refractivity contribution in [3.63, 3.8) is 0 Å². The van der Waals surface area contributed by atoms with E-state index in [4.69, 9.17) is 11.6 Å². The highest BCUT2D eigenvalue weighted by atomic mass is 35.5. The van der Waals surface area contributed by atoms with Crippen molar-refractivity contribution in [2.24, 2.45) is 0 Å². The third-order valence-electron chi connectivity index (χ3n) is 4.93. The first-order valence-corrected chi connectivity index (χ1v) is 13.2. The predicted octanol–water partition coefficient (Wildman–Crippen LogP) is 4.02. The maximum absolute atomic E-state index is 12.7. The van der Waals surface area contributed by atoms with Crippen LogP contribution in [0.25, 0.3) is 0 Å². The molecular formula is C20H27ClN4OSi. The fourth-order valence-electron chi connectivity index (χ4n) is 3.31. The van der Waals surface area contributed by atoms with Gasteiger partial charge in [-0.05, 0) is 31.2 Å². The van der Waals surface area contributed by atoms with Crippen LogP contribution in [-0.2, 0) is 0 Å². The summed E-state index contributed by atoms with van der Waals surface area (Å²) in [6.07, 6.45) is 1.75. The second-order valence-corrected chi connectivity index (χ2v) is 13.5. The summed E-state index contributed by atoms with van der Waals surface area (Å²) >= 11 is 6.26. The van der Waals surface area contributed by atoms with Crippen LogP contribution in [0, 0.1) is 0 Å². The molecule has 1 aliphatic rings. The number of rotatable bonds is 3. The summed E-state index contributed by atoms with van der Waals surface area (Å²) in [5.74, 6) is 0.785. The lowest BCUT2D eigenvalue weighted by Gasteiger charge is -2.40. The topological polar surface area (TPSA) is 48.5 Å². The third kappa shape index (κ3) is 4.62. The summed E-state index contributed by atoms with van der Waals surface area (Å²) in [6, 6.07) is 11.9. The number of halogens is 1. The maximum Gasteiger partial charge on any atom is 0.322 e. The number of nitrogens with zero attached hydrogens (tertiary/aromatic N) is 3. The zero-order valence-electron chi connectivity index (χ0n) is 16.4. The Bertz CT molecular complexity index is 806. The fourth-order valence-corrected chi connectivity index (χ4v) is 4.72. The van der Waals surface area contributed by atoms with Crippen LogP contribution in [0.15, 0.2) is 42.6 Å². The number of hydrogen-bond donors (Lipinski definition) is 1. The summed E-state index contributed by atoms with van der Waals surface area (Å²) in [4.78, 5) is 21.1. The number of nitrogens with one attached hydrogen (secondary N) is 1. The van der Waals surface area contributed by atoms with Crippen LogP contribution in [0.5, 0.6) is 0 Å². The lowest BCUT2D eigenvalue weighted by molar-refractivity contribution is 0.184. The third-order valence-corrected chi connectivity index (χ3v) is 7.29. The molecule has 1 saturated heterocycles. The summed E-state index contributed by atoms with van der Waals surface area (Å²) in [7, 11) is -1.33. The van der Waals surface area contributed by atoms with E-state index in [1.54, 1.807) is 6.20 Å². The van der Waals surface area contributed by atoms with E-state index in [0.717, 1.165) is 11.5 Å². The number of pyridine rings is 1. The number of amides is 2. The molecule has 0 radical (unpaired) electrons. The van der Waals surface area contributed by atoms with Crippen molar-refractivity contribution >= 4 is 42.4 Å². The minimum Gasteiger partial charge on any atom is -0.352 e. The van der Waals surface area contributed by atoms with Gasteiger partial charge in [-0.15, -0.1) is 0 Å². The minimum absolute atomic E-state index is 0.0602. The Kier molecular flexibility index (Phi) is 5.77. The van der Waals surface area contributed by atoms with Gasteiger partial charge in [-0.3, -0.25) is 0 Å². The molecule has 0 bridgehead atoms. The number of aromatic nitrogens is 1. The molecule has 1 aliphatic heterocycles. The molecule has 3 rings (SSSR count). The average molecular weight is 403 g/mol. The van der Waals surface area contributed by atoms with E-state index in [-0.39, 0.29) is 12.1 Å². The SMILES string of the molecule is C[C@@H]1CN(c2ncccc2Cl)CCN1C(=O)Nc1ccc([Si](C)(C)C)cc1. The quantitative estimate of drug-likeness (QED) is 0.788. The van der Waals surface area contributed by atoms with Crippen LogP contribution in [0.1, 0.15) is 6.92 Å². The Hall–Kier alpha value is -2.05. The van der Waals surface area contributed by atoms with Crippen molar-refractivity contribution in [1.82, 2.24) is 9.88 Å². The number of carbonyl (C=O) groups excluding carboxylic acids is 1. The molecule has 0 unspecified atom stereocenters. The zero-order valence-corrected chi connectivity index (χ0v) is 18.1. The molecule has 1 atom stereocenters. The molecule has 2 heterocycles. The smallest absolute Gasteiger partial charge is 0.322 e. The second-order valence-electron chi connectivity index (χ2n) is 8.05. The average Bonchev–Trinajstić information content (AvgIpc) is 2.61. The lowest BCUT2D eigenvalue weighted by atomic mass is 10.2. The predicted molar refractivity (Wildman–Crippen MR) is 116 cm³/mol. The van der Waals surface area contributed by atoms with Crippen LogP contribution in [-0.4, -0.2) is 49.7 Å². The number of anilines is 2. The normalized spacial score (nSPS) is 17.7. The van der Waals surface area contributed by atoms with Crippen molar-refractivity contribution in [3.8, 4) is 0 Å². The van der Waals surface area contributed by atoms with E-state index in [2.05, 4.69) is 53.9 Å². The Morgan fingerprint density at radius 3 is 2.48 bits per heavy atom. The van der Waals surface area contributed by atoms with Gasteiger partial charge in [0, 0.05) is 37.6 Å². The molecule has 0 saturated carbocycles. The van der Waals surface area contributed by atoms with Gasteiger partial charge >= 0.3 is 6.03 Å². The van der Waals surface area contributed by atoms with Gasteiger partial charge in [-0.1, -0.05) is 48.6 Å². The second kappa shape index (κ2) is 7.90. The first-order valence-electron chi connectivity index (χ1n) is 9.29. The molecule has 5 nitrogen and oxygen atoms in total. The van der Waals surface area contributed by atoms with Crippen molar-refractivity contribution in [2.45, 2.75) is 32.6 Å². The standard InChI is InChI=1S/C20H27ClN4OSi/c1-15-14-24(19-18(21)6-5-11-22-19)12-13-25(15)20(26)23-16-7-9-17(10-8-16)27(2,3)4/h5-11,15H,12-14H2,1-4H3,(H,23,26)/t15-/m1/s1. The number of piperazine rings is 1. The highest BCUT2D eigenvalue weighted by Gasteiger charge is 2.29. The van der Waals surface area contributed by atoms with Crippen LogP contribution in [0.3, 0.4) is 0 Å². The first-order chi connectivity index (χ1) is 12.8. The van der Waals surface area contributed by atoms with E-state index in [9.17, 15) is 4.79 Å². The van der Waals surface area contributed by atoms with Crippen LogP contribution >= 0.6 is 11.6 Å². The van der Waals surface area contributed by atoms with Crippen LogP contribution < -0.4 is 15.4 Å². The number of benzene rings is 1. The molecular weight excluding hydrogens is 376 g/mol. The highest BCUT2D eigenvalue weighted by Crippen LogP contribution is 2.25. The Morgan fingerprint density at radius 2 is 1.89 bits per heavy atom. The molecule has 2 aromatic rings. The molecule has 2 amide bonds. The van der Waals surface area contributed by atoms with Crippen molar-refractivity contribution in [2.75, 3.05) is 29.9 Å². The summed E-state index contributed by atoms with van der Waals surface area (Å²) in [5, 5.41) is 5.06. The molecule has 1 aromatic carbocycles. The van der Waals surface area contributed by atoms with Gasteiger partial charge in [0.1, 0.15) is 5.82 Å². The van der Waals surface area contributed by atoms with Gasteiger partial charge in [0.25, 0.3) is 0 Å². The molecule has 7 heteroatoms. The largest absolute Gasteiger partial charge is 0.352 e. The number of carbonyl (C=O) groups is 1. The van der Waals surface area contributed by atoms with Gasteiger partial charge in [-0.2, -0.15) is 0 Å². The van der Waals surface area contributed by atoms with Crippen LogP contribution in [0.4, 0.5) is 16.3 Å². The highest BCUT2D eigenvalue weighted by molar-refractivity contribution is 6.88. The molecule has 0 spiro atoms.